The Morgan fingerprint density at radius 3 is 1.47 bits per heavy atom. The number of aliphatic hydroxyl groups is 2. The summed E-state index contributed by atoms with van der Waals surface area (Å²) >= 11 is 0. The highest BCUT2D eigenvalue weighted by molar-refractivity contribution is 5.74. The van der Waals surface area contributed by atoms with Gasteiger partial charge in [0.15, 0.2) is 6.29 Å². The van der Waals surface area contributed by atoms with Crippen LogP contribution in [0.5, 0.6) is 0 Å². The Bertz CT molecular complexity index is 899. The lowest BCUT2D eigenvalue weighted by molar-refractivity contribution is 0.111. The number of hydrogen-bond acceptors (Lipinski definition) is 8. The molecule has 3 heterocycles. The van der Waals surface area contributed by atoms with Crippen LogP contribution in [-0.4, -0.2) is 57.8 Å². The lowest BCUT2D eigenvalue weighted by Gasteiger charge is -2.02. The molecule has 3 aromatic heterocycles. The van der Waals surface area contributed by atoms with Gasteiger partial charge >= 0.3 is 0 Å². The van der Waals surface area contributed by atoms with E-state index in [1.54, 1.807) is 24.3 Å². The third-order valence-electron chi connectivity index (χ3n) is 3.80. The molecule has 4 N–H and O–H groups in total. The monoisotopic (exact) mass is 481 g/mol. The molecule has 0 aliphatic heterocycles. The van der Waals surface area contributed by atoms with Gasteiger partial charge in [0, 0.05) is 55.9 Å². The molecular weight excluding hydrogens is 451 g/mol. The largest absolute Gasteiger partial charge is 0.395 e. The fourth-order valence-corrected chi connectivity index (χ4v) is 2.19. The van der Waals surface area contributed by atoms with E-state index in [0.29, 0.717) is 43.6 Å². The van der Waals surface area contributed by atoms with Crippen LogP contribution < -0.4 is 10.6 Å². The number of rotatable bonds is 9. The number of aliphatic hydroxyl groups excluding tert-OH is 2. The van der Waals surface area contributed by atoms with Crippen molar-refractivity contribution in [2.75, 3.05) is 26.3 Å². The number of carbonyl (C=O) groups excluding carboxylic acids is 1. The number of halogens is 3. The zero-order valence-electron chi connectivity index (χ0n) is 17.8. The smallest absolute Gasteiger partial charge is 0.223 e. The van der Waals surface area contributed by atoms with E-state index in [9.17, 15) is 18.0 Å². The Hall–Kier alpha value is -3.25. The summed E-state index contributed by atoms with van der Waals surface area (Å²) in [5, 5.41) is 22.6. The van der Waals surface area contributed by atoms with Crippen molar-refractivity contribution < 1.29 is 28.2 Å². The summed E-state index contributed by atoms with van der Waals surface area (Å²) < 4.78 is 37.9. The molecule has 0 aliphatic rings. The molecule has 0 saturated carbocycles. The fourth-order valence-electron chi connectivity index (χ4n) is 2.19. The third kappa shape index (κ3) is 12.7. The average molecular weight is 482 g/mol. The first kappa shape index (κ1) is 30.8. The van der Waals surface area contributed by atoms with E-state index in [4.69, 9.17) is 10.2 Å². The molecule has 0 bridgehead atoms. The van der Waals surface area contributed by atoms with Gasteiger partial charge in [-0.2, -0.15) is 13.2 Å². The molecule has 0 radical (unpaired) electrons. The van der Waals surface area contributed by atoms with Crippen LogP contribution in [0.25, 0.3) is 0 Å². The first-order valence-corrected chi connectivity index (χ1v) is 9.91. The molecule has 0 amide bonds. The van der Waals surface area contributed by atoms with E-state index in [1.165, 1.54) is 30.7 Å². The van der Waals surface area contributed by atoms with Gasteiger partial charge in [0.2, 0.25) is 17.8 Å². The number of aldehydes is 1. The predicted molar refractivity (Wildman–Crippen MR) is 122 cm³/mol. The quantitative estimate of drug-likeness (QED) is 0.209. The second kappa shape index (κ2) is 19.2. The van der Waals surface area contributed by atoms with Crippen molar-refractivity contribution >= 4 is 6.29 Å². The maximum absolute atomic E-state index is 12.8. The van der Waals surface area contributed by atoms with Crippen molar-refractivity contribution in [1.29, 1.82) is 0 Å². The lowest BCUT2D eigenvalue weighted by Crippen LogP contribution is -2.18. The van der Waals surface area contributed by atoms with E-state index in [1.807, 2.05) is 0 Å². The molecule has 186 valence electrons. The van der Waals surface area contributed by atoms with Gasteiger partial charge in [0.1, 0.15) is 0 Å². The van der Waals surface area contributed by atoms with Gasteiger partial charge in [-0.1, -0.05) is 19.6 Å². The van der Waals surface area contributed by atoms with Gasteiger partial charge < -0.3 is 20.8 Å². The van der Waals surface area contributed by atoms with Gasteiger partial charge in [-0.15, -0.1) is 0 Å². The average Bonchev–Trinajstić information content (AvgIpc) is 2.83. The summed E-state index contributed by atoms with van der Waals surface area (Å²) in [4.78, 5) is 20.2. The van der Waals surface area contributed by atoms with Crippen molar-refractivity contribution in [3.05, 3.63) is 89.5 Å². The first-order chi connectivity index (χ1) is 16.0. The Labute approximate surface area is 196 Å². The second-order valence-corrected chi connectivity index (χ2v) is 6.21. The van der Waals surface area contributed by atoms with E-state index in [-0.39, 0.29) is 26.2 Å². The van der Waals surface area contributed by atoms with E-state index in [2.05, 4.69) is 25.6 Å². The van der Waals surface area contributed by atoms with Crippen LogP contribution in [0.3, 0.4) is 0 Å². The number of nitrogens with zero attached hydrogens (tertiary/aromatic N) is 3. The molecule has 0 fully saturated rings. The summed E-state index contributed by atoms with van der Waals surface area (Å²) in [5.74, 6) is -1.63. The zero-order chi connectivity index (χ0) is 24.3. The van der Waals surface area contributed by atoms with Crippen LogP contribution in [0.1, 0.15) is 28.9 Å². The van der Waals surface area contributed by atoms with Gasteiger partial charge in [0.25, 0.3) is 0 Å². The molecule has 0 unspecified atom stereocenters. The van der Waals surface area contributed by atoms with Gasteiger partial charge in [-0.25, -0.2) is 15.0 Å². The van der Waals surface area contributed by atoms with Gasteiger partial charge in [-0.05, 0) is 24.3 Å². The topological polar surface area (TPSA) is 120 Å². The number of pyridine rings is 3. The summed E-state index contributed by atoms with van der Waals surface area (Å²) in [6.45, 7) is 1.85. The minimum atomic E-state index is -0.715. The SMILES string of the molecule is C.O=Cc1cccnc1F.OCCNCc1cccnc1F.OCCNCc1cccnc1F. The van der Waals surface area contributed by atoms with Crippen molar-refractivity contribution in [3.8, 4) is 0 Å². The van der Waals surface area contributed by atoms with Crippen LogP contribution in [-0.2, 0) is 13.1 Å². The molecule has 3 rings (SSSR count). The molecule has 0 aromatic carbocycles. The van der Waals surface area contributed by atoms with Gasteiger partial charge in [-0.3, -0.25) is 4.79 Å². The van der Waals surface area contributed by atoms with E-state index < -0.39 is 17.8 Å². The highest BCUT2D eigenvalue weighted by Gasteiger charge is 2.00. The third-order valence-corrected chi connectivity index (χ3v) is 3.80. The first-order valence-electron chi connectivity index (χ1n) is 9.91. The summed E-state index contributed by atoms with van der Waals surface area (Å²) in [6.07, 6.45) is 4.54. The molecule has 0 saturated heterocycles. The Morgan fingerprint density at radius 2 is 1.15 bits per heavy atom. The zero-order valence-corrected chi connectivity index (χ0v) is 17.8. The molecule has 0 atom stereocenters. The Balaban J connectivity index is 0.000000479. The molecular formula is C23H30F3N5O3. The molecule has 8 nitrogen and oxygen atoms in total. The van der Waals surface area contributed by atoms with Gasteiger partial charge in [0.05, 0.1) is 18.8 Å². The van der Waals surface area contributed by atoms with Crippen molar-refractivity contribution in [2.24, 2.45) is 0 Å². The predicted octanol–water partition coefficient (Wildman–Crippen LogP) is 2.27. The number of nitrogens with one attached hydrogen (secondary N) is 2. The summed E-state index contributed by atoms with van der Waals surface area (Å²) in [7, 11) is 0. The van der Waals surface area contributed by atoms with Crippen molar-refractivity contribution in [3.63, 3.8) is 0 Å². The summed E-state index contributed by atoms with van der Waals surface area (Å²) in [6, 6.07) is 9.56. The maximum atomic E-state index is 12.8. The van der Waals surface area contributed by atoms with Crippen LogP contribution >= 0.6 is 0 Å². The molecule has 3 aromatic rings. The standard InChI is InChI=1S/2C8H11FN2O.C6H4FNO.CH4/c2*9-8-7(2-1-3-11-8)6-10-4-5-12;7-6-5(4-9)2-1-3-8-6;/h2*1-3,10,12H,4-6H2;1-4H;1H4. The van der Waals surface area contributed by atoms with Crippen LogP contribution in [0.4, 0.5) is 13.2 Å². The molecule has 11 heteroatoms. The molecule has 0 aliphatic carbocycles. The fraction of sp³-hybridized carbons (Fsp3) is 0.304. The lowest BCUT2D eigenvalue weighted by atomic mass is 10.3. The maximum Gasteiger partial charge on any atom is 0.223 e. The normalized spacial score (nSPS) is 9.56. The van der Waals surface area contributed by atoms with Crippen LogP contribution in [0.15, 0.2) is 55.0 Å². The van der Waals surface area contributed by atoms with Crippen LogP contribution in [0.2, 0.25) is 0 Å². The van der Waals surface area contributed by atoms with E-state index in [0.717, 1.165) is 0 Å². The second-order valence-electron chi connectivity index (χ2n) is 6.21. The van der Waals surface area contributed by atoms with E-state index >= 15 is 0 Å². The Kier molecular flexibility index (Phi) is 17.4. The Morgan fingerprint density at radius 1 is 0.735 bits per heavy atom. The number of carbonyl (C=O) groups is 1. The molecule has 0 spiro atoms. The molecule has 34 heavy (non-hydrogen) atoms. The van der Waals surface area contributed by atoms with Crippen molar-refractivity contribution in [1.82, 2.24) is 25.6 Å². The summed E-state index contributed by atoms with van der Waals surface area (Å²) in [5.41, 5.74) is 1.04. The number of hydrogen-bond donors (Lipinski definition) is 4. The highest BCUT2D eigenvalue weighted by Crippen LogP contribution is 2.02. The minimum absolute atomic E-state index is 0. The van der Waals surface area contributed by atoms with Crippen LogP contribution in [0, 0.1) is 17.8 Å². The minimum Gasteiger partial charge on any atom is -0.395 e. The highest BCUT2D eigenvalue weighted by atomic mass is 19.1. The van der Waals surface area contributed by atoms with Crippen molar-refractivity contribution in [2.45, 2.75) is 20.5 Å². The number of aromatic nitrogens is 3.